The highest BCUT2D eigenvalue weighted by Crippen LogP contribution is 2.29. The molecule has 1 atom stereocenters. The van der Waals surface area contributed by atoms with Crippen molar-refractivity contribution in [2.45, 2.75) is 12.8 Å². The summed E-state index contributed by atoms with van der Waals surface area (Å²) in [5.74, 6) is 0.992. The van der Waals surface area contributed by atoms with E-state index in [0.29, 0.717) is 11.6 Å². The third-order valence-corrected chi connectivity index (χ3v) is 3.92. The Labute approximate surface area is 120 Å². The molecule has 1 aromatic rings. The Morgan fingerprint density at radius 3 is 3.11 bits per heavy atom. The first-order chi connectivity index (χ1) is 8.61. The summed E-state index contributed by atoms with van der Waals surface area (Å²) in [4.78, 5) is 18.2. The number of pyridine rings is 1. The number of piperidine rings is 1. The Balaban J connectivity index is 2.15. The molecule has 1 aromatic heterocycles. The lowest BCUT2D eigenvalue weighted by Gasteiger charge is -2.33. The fourth-order valence-electron chi connectivity index (χ4n) is 2.23. The molecule has 6 heteroatoms. The summed E-state index contributed by atoms with van der Waals surface area (Å²) in [6.45, 7) is 1.62. The minimum atomic E-state index is 0.0353. The number of halogens is 2. The summed E-state index contributed by atoms with van der Waals surface area (Å²) in [5, 5.41) is 3.31. The number of nitrogens with zero attached hydrogens (tertiary/aromatic N) is 2. The monoisotopic (exact) mass is 331 g/mol. The van der Waals surface area contributed by atoms with Crippen molar-refractivity contribution in [1.82, 2.24) is 10.3 Å². The number of carbonyl (C=O) groups is 1. The first-order valence-corrected chi connectivity index (χ1v) is 7.06. The molecular formula is C12H15BrClN3O. The number of anilines is 1. The van der Waals surface area contributed by atoms with Crippen molar-refractivity contribution < 1.29 is 4.79 Å². The fraction of sp³-hybridized carbons (Fsp3) is 0.500. The number of aromatic nitrogens is 1. The highest BCUT2D eigenvalue weighted by molar-refractivity contribution is 9.10. The van der Waals surface area contributed by atoms with Crippen LogP contribution in [0.5, 0.6) is 0 Å². The van der Waals surface area contributed by atoms with Crippen molar-refractivity contribution in [2.75, 3.05) is 25.0 Å². The molecular weight excluding hydrogens is 318 g/mol. The number of amides is 1. The summed E-state index contributed by atoms with van der Waals surface area (Å²) in [6, 6.07) is 1.83. The van der Waals surface area contributed by atoms with Crippen LogP contribution in [0.4, 0.5) is 5.82 Å². The van der Waals surface area contributed by atoms with Gasteiger partial charge >= 0.3 is 0 Å². The lowest BCUT2D eigenvalue weighted by atomic mass is 9.97. The molecule has 1 aliphatic rings. The Bertz CT molecular complexity index is 455. The molecule has 1 amide bonds. The molecule has 1 N–H and O–H groups in total. The third-order valence-electron chi connectivity index (χ3n) is 3.13. The first-order valence-electron chi connectivity index (χ1n) is 5.89. The van der Waals surface area contributed by atoms with Crippen molar-refractivity contribution in [3.8, 4) is 0 Å². The van der Waals surface area contributed by atoms with Crippen LogP contribution in [-0.4, -0.2) is 31.0 Å². The molecule has 1 aliphatic heterocycles. The molecule has 0 radical (unpaired) electrons. The van der Waals surface area contributed by atoms with E-state index in [-0.39, 0.29) is 11.8 Å². The Morgan fingerprint density at radius 1 is 1.67 bits per heavy atom. The molecule has 98 valence electrons. The second-order valence-corrected chi connectivity index (χ2v) is 5.65. The topological polar surface area (TPSA) is 45.2 Å². The maximum Gasteiger partial charge on any atom is 0.224 e. The van der Waals surface area contributed by atoms with Gasteiger partial charge < -0.3 is 10.2 Å². The van der Waals surface area contributed by atoms with Gasteiger partial charge in [0.25, 0.3) is 0 Å². The average molecular weight is 333 g/mol. The van der Waals surface area contributed by atoms with Gasteiger partial charge in [0.2, 0.25) is 5.91 Å². The number of carbonyl (C=O) groups excluding carboxylic acids is 1. The summed E-state index contributed by atoms with van der Waals surface area (Å²) in [7, 11) is 1.68. The minimum absolute atomic E-state index is 0.0353. The van der Waals surface area contributed by atoms with Crippen molar-refractivity contribution in [1.29, 1.82) is 0 Å². The molecule has 2 heterocycles. The molecule has 1 saturated heterocycles. The lowest BCUT2D eigenvalue weighted by Crippen LogP contribution is -2.42. The molecule has 0 spiro atoms. The van der Waals surface area contributed by atoms with Crippen LogP contribution in [0.1, 0.15) is 12.8 Å². The Hall–Kier alpha value is -0.810. The Morgan fingerprint density at radius 2 is 2.44 bits per heavy atom. The summed E-state index contributed by atoms with van der Waals surface area (Å²) in [5.41, 5.74) is 0. The van der Waals surface area contributed by atoms with Crippen LogP contribution < -0.4 is 10.2 Å². The van der Waals surface area contributed by atoms with E-state index in [4.69, 9.17) is 11.6 Å². The van der Waals surface area contributed by atoms with E-state index in [1.54, 1.807) is 13.2 Å². The van der Waals surface area contributed by atoms with Gasteiger partial charge in [0.15, 0.2) is 0 Å². The van der Waals surface area contributed by atoms with Gasteiger partial charge in [-0.2, -0.15) is 0 Å². The standard InChI is InChI=1S/C12H15BrClN3O/c1-15-12(18)8-3-2-4-17(7-8)11-10(13)5-9(14)6-16-11/h5-6,8H,2-4,7H2,1H3,(H,15,18). The van der Waals surface area contributed by atoms with E-state index in [1.165, 1.54) is 0 Å². The van der Waals surface area contributed by atoms with Gasteiger partial charge in [0.1, 0.15) is 5.82 Å². The SMILES string of the molecule is CNC(=O)C1CCCN(c2ncc(Cl)cc2Br)C1. The molecule has 1 unspecified atom stereocenters. The van der Waals surface area contributed by atoms with E-state index in [2.05, 4.69) is 31.1 Å². The van der Waals surface area contributed by atoms with Crippen molar-refractivity contribution >= 4 is 39.3 Å². The largest absolute Gasteiger partial charge is 0.359 e. The van der Waals surface area contributed by atoms with Crippen molar-refractivity contribution in [3.05, 3.63) is 21.8 Å². The minimum Gasteiger partial charge on any atom is -0.359 e. The quantitative estimate of drug-likeness (QED) is 0.905. The molecule has 0 bridgehead atoms. The second kappa shape index (κ2) is 5.89. The van der Waals surface area contributed by atoms with Crippen LogP contribution in [-0.2, 0) is 4.79 Å². The van der Waals surface area contributed by atoms with E-state index >= 15 is 0 Å². The van der Waals surface area contributed by atoms with Crippen LogP contribution in [0.3, 0.4) is 0 Å². The highest BCUT2D eigenvalue weighted by Gasteiger charge is 2.26. The normalized spacial score (nSPS) is 19.7. The van der Waals surface area contributed by atoms with Crippen molar-refractivity contribution in [2.24, 2.45) is 5.92 Å². The summed E-state index contributed by atoms with van der Waals surface area (Å²) < 4.78 is 0.868. The van der Waals surface area contributed by atoms with Crippen LogP contribution >= 0.6 is 27.5 Å². The van der Waals surface area contributed by atoms with Gasteiger partial charge in [-0.25, -0.2) is 4.98 Å². The van der Waals surface area contributed by atoms with Gasteiger partial charge in [-0.15, -0.1) is 0 Å². The molecule has 0 aromatic carbocycles. The number of hydrogen-bond acceptors (Lipinski definition) is 3. The molecule has 0 saturated carbocycles. The van der Waals surface area contributed by atoms with Crippen LogP contribution in [0, 0.1) is 5.92 Å². The highest BCUT2D eigenvalue weighted by atomic mass is 79.9. The predicted octanol–water partition coefficient (Wildman–Crippen LogP) is 2.46. The maximum atomic E-state index is 11.7. The second-order valence-electron chi connectivity index (χ2n) is 4.36. The smallest absolute Gasteiger partial charge is 0.224 e. The zero-order valence-corrected chi connectivity index (χ0v) is 12.5. The summed E-state index contributed by atoms with van der Waals surface area (Å²) >= 11 is 9.35. The lowest BCUT2D eigenvalue weighted by molar-refractivity contribution is -0.124. The molecule has 18 heavy (non-hydrogen) atoms. The van der Waals surface area contributed by atoms with Crippen molar-refractivity contribution in [3.63, 3.8) is 0 Å². The van der Waals surface area contributed by atoms with Crippen LogP contribution in [0.25, 0.3) is 0 Å². The van der Waals surface area contributed by atoms with Gasteiger partial charge in [-0.3, -0.25) is 4.79 Å². The molecule has 0 aliphatic carbocycles. The van der Waals surface area contributed by atoms with Crippen LogP contribution in [0.15, 0.2) is 16.7 Å². The zero-order chi connectivity index (χ0) is 13.1. The Kier molecular flexibility index (Phi) is 4.45. The van der Waals surface area contributed by atoms with Gasteiger partial charge in [0, 0.05) is 26.3 Å². The van der Waals surface area contributed by atoms with Gasteiger partial charge in [-0.05, 0) is 34.8 Å². The third kappa shape index (κ3) is 2.95. The van der Waals surface area contributed by atoms with E-state index in [9.17, 15) is 4.79 Å². The van der Waals surface area contributed by atoms with E-state index < -0.39 is 0 Å². The number of rotatable bonds is 2. The number of nitrogens with one attached hydrogen (secondary N) is 1. The molecule has 2 rings (SSSR count). The predicted molar refractivity (Wildman–Crippen MR) is 76.0 cm³/mol. The maximum absolute atomic E-state index is 11.7. The zero-order valence-electron chi connectivity index (χ0n) is 10.1. The van der Waals surface area contributed by atoms with E-state index in [0.717, 1.165) is 29.7 Å². The van der Waals surface area contributed by atoms with E-state index in [1.807, 2.05) is 6.07 Å². The molecule has 1 fully saturated rings. The molecule has 4 nitrogen and oxygen atoms in total. The fourth-order valence-corrected chi connectivity index (χ4v) is 3.12. The van der Waals surface area contributed by atoms with Crippen LogP contribution in [0.2, 0.25) is 5.02 Å². The van der Waals surface area contributed by atoms with Gasteiger partial charge in [-0.1, -0.05) is 11.6 Å². The summed E-state index contributed by atoms with van der Waals surface area (Å²) in [6.07, 6.45) is 3.56. The average Bonchev–Trinajstić information content (AvgIpc) is 2.38. The first kappa shape index (κ1) is 13.6. The van der Waals surface area contributed by atoms with Gasteiger partial charge in [0.05, 0.1) is 15.4 Å². The number of hydrogen-bond donors (Lipinski definition) is 1.